The number of rotatable bonds is 5. The minimum absolute atomic E-state index is 0.399. The normalized spacial score (nSPS) is 13.7. The number of carboxylic acids is 1. The van der Waals surface area contributed by atoms with Crippen molar-refractivity contribution in [3.05, 3.63) is 22.4 Å². The molecule has 0 saturated heterocycles. The highest BCUT2D eigenvalue weighted by molar-refractivity contribution is 7.87. The van der Waals surface area contributed by atoms with Gasteiger partial charge in [-0.1, -0.05) is 0 Å². The maximum Gasteiger partial charge on any atom is 0.321 e. The molecular weight excluding hydrogens is 232 g/mol. The molecule has 0 fully saturated rings. The molecule has 0 saturated carbocycles. The molecule has 0 radical (unpaired) electrons. The van der Waals surface area contributed by atoms with Crippen molar-refractivity contribution in [3.8, 4) is 0 Å². The third-order valence-electron chi connectivity index (χ3n) is 2.24. The van der Waals surface area contributed by atoms with E-state index in [1.54, 1.807) is 11.3 Å². The van der Waals surface area contributed by atoms with E-state index in [0.29, 0.717) is 12.2 Å². The van der Waals surface area contributed by atoms with Crippen molar-refractivity contribution >= 4 is 28.1 Å². The van der Waals surface area contributed by atoms with Crippen LogP contribution in [-0.2, 0) is 22.0 Å². The zero-order chi connectivity index (χ0) is 11.5. The Labute approximate surface area is 95.6 Å². The van der Waals surface area contributed by atoms with Gasteiger partial charge in [0, 0.05) is 16.6 Å². The summed E-state index contributed by atoms with van der Waals surface area (Å²) in [5.74, 6) is -0.609. The zero-order valence-electron chi connectivity index (χ0n) is 8.73. The van der Waals surface area contributed by atoms with Crippen LogP contribution in [0.2, 0.25) is 0 Å². The fourth-order valence-electron chi connectivity index (χ4n) is 0.998. The summed E-state index contributed by atoms with van der Waals surface area (Å²) in [6.07, 6.45) is 0.673. The smallest absolute Gasteiger partial charge is 0.321 e. The average Bonchev–Trinajstić information content (AvgIpc) is 2.66. The Morgan fingerprint density at radius 1 is 1.60 bits per heavy atom. The van der Waals surface area contributed by atoms with E-state index in [9.17, 15) is 9.00 Å². The molecule has 1 rings (SSSR count). The first-order valence-corrected chi connectivity index (χ1v) is 6.83. The number of hydrogen-bond donors (Lipinski definition) is 1. The Balaban J connectivity index is 2.53. The van der Waals surface area contributed by atoms with Crippen LogP contribution in [0.3, 0.4) is 0 Å². The van der Waals surface area contributed by atoms with Crippen molar-refractivity contribution in [2.75, 3.05) is 5.75 Å². The molecule has 15 heavy (non-hydrogen) atoms. The number of carbonyl (C=O) groups is 1. The van der Waals surface area contributed by atoms with Gasteiger partial charge in [0.1, 0.15) is 4.75 Å². The molecule has 5 heteroatoms. The largest absolute Gasteiger partial charge is 0.480 e. The highest BCUT2D eigenvalue weighted by Crippen LogP contribution is 2.15. The lowest BCUT2D eigenvalue weighted by Crippen LogP contribution is -2.38. The van der Waals surface area contributed by atoms with Crippen molar-refractivity contribution < 1.29 is 14.1 Å². The van der Waals surface area contributed by atoms with Gasteiger partial charge in [0.05, 0.1) is 0 Å². The summed E-state index contributed by atoms with van der Waals surface area (Å²) in [5.41, 5.74) is 1.12. The maximum atomic E-state index is 11.7. The van der Waals surface area contributed by atoms with Crippen LogP contribution in [0, 0.1) is 0 Å². The number of hydrogen-bond acceptors (Lipinski definition) is 3. The molecule has 0 spiro atoms. The first-order valence-electron chi connectivity index (χ1n) is 4.57. The van der Waals surface area contributed by atoms with Crippen LogP contribution in [0.15, 0.2) is 16.8 Å². The fraction of sp³-hybridized carbons (Fsp3) is 0.500. The highest BCUT2D eigenvalue weighted by Gasteiger charge is 2.33. The van der Waals surface area contributed by atoms with Crippen LogP contribution < -0.4 is 0 Å². The summed E-state index contributed by atoms with van der Waals surface area (Å²) in [4.78, 5) is 10.8. The highest BCUT2D eigenvalue weighted by atomic mass is 32.2. The molecule has 0 aliphatic carbocycles. The van der Waals surface area contributed by atoms with E-state index in [0.717, 1.165) is 5.56 Å². The number of carboxylic acid groups (broad SMARTS) is 1. The predicted octanol–water partition coefficient (Wildman–Crippen LogP) is 1.90. The molecule has 0 aliphatic heterocycles. The van der Waals surface area contributed by atoms with Gasteiger partial charge in [-0.15, -0.1) is 0 Å². The molecule has 1 heterocycles. The lowest BCUT2D eigenvalue weighted by Gasteiger charge is -2.17. The third-order valence-corrected chi connectivity index (χ3v) is 4.86. The summed E-state index contributed by atoms with van der Waals surface area (Å²) in [6.45, 7) is 3.00. The Morgan fingerprint density at radius 2 is 2.27 bits per heavy atom. The molecule has 3 nitrogen and oxygen atoms in total. The molecule has 0 aromatic carbocycles. The quantitative estimate of drug-likeness (QED) is 0.863. The van der Waals surface area contributed by atoms with Gasteiger partial charge in [0.15, 0.2) is 0 Å². The van der Waals surface area contributed by atoms with E-state index >= 15 is 0 Å². The first kappa shape index (κ1) is 12.4. The van der Waals surface area contributed by atoms with Crippen LogP contribution >= 0.6 is 11.3 Å². The monoisotopic (exact) mass is 246 g/mol. The fourth-order valence-corrected chi connectivity index (χ4v) is 2.83. The molecule has 0 amide bonds. The average molecular weight is 246 g/mol. The van der Waals surface area contributed by atoms with E-state index in [2.05, 4.69) is 0 Å². The summed E-state index contributed by atoms with van der Waals surface area (Å²) in [5, 5.41) is 12.8. The van der Waals surface area contributed by atoms with E-state index in [-0.39, 0.29) is 0 Å². The van der Waals surface area contributed by atoms with E-state index in [1.165, 1.54) is 13.8 Å². The van der Waals surface area contributed by atoms with Crippen molar-refractivity contribution in [1.29, 1.82) is 0 Å². The Morgan fingerprint density at radius 3 is 2.73 bits per heavy atom. The van der Waals surface area contributed by atoms with Crippen LogP contribution in [0.5, 0.6) is 0 Å². The lowest BCUT2D eigenvalue weighted by molar-refractivity contribution is -0.139. The van der Waals surface area contributed by atoms with Gasteiger partial charge in [-0.25, -0.2) is 0 Å². The van der Waals surface area contributed by atoms with Crippen LogP contribution in [0.1, 0.15) is 19.4 Å². The summed E-state index contributed by atoms with van der Waals surface area (Å²) >= 11 is 1.59. The second kappa shape index (κ2) is 4.90. The molecule has 0 aliphatic rings. The first-order chi connectivity index (χ1) is 6.94. The standard InChI is InChI=1S/C10H14O3S2/c1-10(2,9(11)12)15(13)6-4-8-3-5-14-7-8/h3,5,7H,4,6H2,1-2H3,(H,11,12). The van der Waals surface area contributed by atoms with Crippen LogP contribution in [-0.4, -0.2) is 25.8 Å². The van der Waals surface area contributed by atoms with Crippen molar-refractivity contribution in [3.63, 3.8) is 0 Å². The Kier molecular flexibility index (Phi) is 4.04. The van der Waals surface area contributed by atoms with Gasteiger partial charge in [-0.05, 0) is 42.7 Å². The van der Waals surface area contributed by atoms with Gasteiger partial charge in [0.25, 0.3) is 0 Å². The summed E-state index contributed by atoms with van der Waals surface area (Å²) in [6, 6.07) is 1.97. The Bertz CT molecular complexity index is 355. The predicted molar refractivity (Wildman–Crippen MR) is 62.7 cm³/mol. The molecular formula is C10H14O3S2. The Hall–Kier alpha value is -0.680. The van der Waals surface area contributed by atoms with Crippen molar-refractivity contribution in [1.82, 2.24) is 0 Å². The van der Waals surface area contributed by atoms with Gasteiger partial charge in [-0.3, -0.25) is 9.00 Å². The SMILES string of the molecule is CC(C)(C(=O)O)S(=O)CCc1ccsc1. The van der Waals surface area contributed by atoms with Gasteiger partial charge in [-0.2, -0.15) is 11.3 Å². The maximum absolute atomic E-state index is 11.7. The zero-order valence-corrected chi connectivity index (χ0v) is 10.4. The number of aryl methyl sites for hydroxylation is 1. The molecule has 0 bridgehead atoms. The number of aliphatic carboxylic acids is 1. The second-order valence-electron chi connectivity index (χ2n) is 3.75. The van der Waals surface area contributed by atoms with E-state index in [1.807, 2.05) is 16.8 Å². The lowest BCUT2D eigenvalue weighted by atomic mass is 10.2. The van der Waals surface area contributed by atoms with Crippen LogP contribution in [0.4, 0.5) is 0 Å². The van der Waals surface area contributed by atoms with Crippen molar-refractivity contribution in [2.24, 2.45) is 0 Å². The summed E-state index contributed by atoms with van der Waals surface area (Å²) in [7, 11) is -1.34. The minimum Gasteiger partial charge on any atom is -0.480 e. The van der Waals surface area contributed by atoms with Gasteiger partial charge in [0.2, 0.25) is 0 Å². The number of thiophene rings is 1. The van der Waals surface area contributed by atoms with E-state index in [4.69, 9.17) is 5.11 Å². The topological polar surface area (TPSA) is 54.4 Å². The van der Waals surface area contributed by atoms with Gasteiger partial charge < -0.3 is 5.11 Å². The molecule has 1 aromatic heterocycles. The molecule has 1 N–H and O–H groups in total. The van der Waals surface area contributed by atoms with Gasteiger partial charge >= 0.3 is 5.97 Å². The second-order valence-corrected chi connectivity index (χ2v) is 6.65. The van der Waals surface area contributed by atoms with Crippen LogP contribution in [0.25, 0.3) is 0 Å². The molecule has 1 aromatic rings. The van der Waals surface area contributed by atoms with Crippen molar-refractivity contribution in [2.45, 2.75) is 25.0 Å². The minimum atomic E-state index is -1.34. The molecule has 84 valence electrons. The molecule has 1 atom stereocenters. The summed E-state index contributed by atoms with van der Waals surface area (Å²) < 4.78 is 10.6. The third kappa shape index (κ3) is 3.14. The van der Waals surface area contributed by atoms with E-state index < -0.39 is 21.5 Å². The molecule has 1 unspecified atom stereocenters.